The Hall–Kier alpha value is -2.93. The number of aromatic nitrogens is 5. The number of alkyl halides is 3. The fourth-order valence-electron chi connectivity index (χ4n) is 5.67. The third-order valence-corrected chi connectivity index (χ3v) is 8.52. The number of hydrogen-bond acceptors (Lipinski definition) is 7. The molecule has 3 heterocycles. The van der Waals surface area contributed by atoms with E-state index in [9.17, 15) is 23.4 Å². The van der Waals surface area contributed by atoms with Crippen molar-refractivity contribution in [2.24, 2.45) is 11.8 Å². The van der Waals surface area contributed by atoms with E-state index >= 15 is 0 Å². The molecule has 216 valence electrons. The molecule has 0 amide bonds. The minimum atomic E-state index is -4.53. The molecule has 1 aromatic carbocycles. The quantitative estimate of drug-likeness (QED) is 0.213. The summed E-state index contributed by atoms with van der Waals surface area (Å²) in [5.41, 5.74) is 6.24. The van der Waals surface area contributed by atoms with Crippen molar-refractivity contribution in [3.05, 3.63) is 47.1 Å². The highest BCUT2D eigenvalue weighted by molar-refractivity contribution is 6.32. The number of fused-ring (bicyclic) bond motifs is 2. The van der Waals surface area contributed by atoms with Gasteiger partial charge in [0.1, 0.15) is 29.7 Å². The number of nitrogens with zero attached hydrogens (tertiary/aromatic N) is 5. The van der Waals surface area contributed by atoms with Gasteiger partial charge < -0.3 is 30.4 Å². The van der Waals surface area contributed by atoms with E-state index in [0.29, 0.717) is 59.5 Å². The van der Waals surface area contributed by atoms with Gasteiger partial charge in [0, 0.05) is 31.1 Å². The van der Waals surface area contributed by atoms with Gasteiger partial charge in [-0.05, 0) is 56.8 Å². The zero-order chi connectivity index (χ0) is 28.8. The zero-order valence-electron chi connectivity index (χ0n) is 22.2. The molecule has 9 nitrogen and oxygen atoms in total. The molecule has 1 fully saturated rings. The van der Waals surface area contributed by atoms with Gasteiger partial charge in [0.25, 0.3) is 0 Å². The van der Waals surface area contributed by atoms with Crippen molar-refractivity contribution in [3.63, 3.8) is 0 Å². The number of rotatable bonds is 10. The molecular formula is C27H33ClF3N7O2. The number of imidazole rings is 1. The van der Waals surface area contributed by atoms with Crippen LogP contribution in [0.3, 0.4) is 0 Å². The Morgan fingerprint density at radius 2 is 2.00 bits per heavy atom. The van der Waals surface area contributed by atoms with Gasteiger partial charge >= 0.3 is 6.18 Å². The van der Waals surface area contributed by atoms with Crippen LogP contribution in [0.5, 0.6) is 0 Å². The van der Waals surface area contributed by atoms with Gasteiger partial charge in [-0.25, -0.2) is 15.0 Å². The highest BCUT2D eigenvalue weighted by Gasteiger charge is 2.36. The van der Waals surface area contributed by atoms with E-state index in [1.807, 2.05) is 14.0 Å². The Bertz CT molecular complexity index is 1480. The molecule has 0 bridgehead atoms. The summed E-state index contributed by atoms with van der Waals surface area (Å²) < 4.78 is 41.0. The molecule has 0 radical (unpaired) electrons. The minimum Gasteiger partial charge on any atom is -0.388 e. The van der Waals surface area contributed by atoms with E-state index in [-0.39, 0.29) is 16.5 Å². The number of aryl methyl sites for hydroxylation is 1. The van der Waals surface area contributed by atoms with Crippen molar-refractivity contribution in [2.75, 3.05) is 19.3 Å². The van der Waals surface area contributed by atoms with Crippen LogP contribution < -0.4 is 5.73 Å². The number of anilines is 1. The van der Waals surface area contributed by atoms with E-state index in [0.717, 1.165) is 25.3 Å². The largest absolute Gasteiger partial charge is 0.417 e. The lowest BCUT2D eigenvalue weighted by molar-refractivity contribution is -0.137. The first-order valence-corrected chi connectivity index (χ1v) is 13.7. The first-order valence-electron chi connectivity index (χ1n) is 13.3. The number of hydrogen-bond donors (Lipinski definition) is 4. The molecule has 1 aliphatic carbocycles. The van der Waals surface area contributed by atoms with Crippen molar-refractivity contribution < 1.29 is 23.4 Å². The number of nitrogens with one attached hydrogen (secondary N) is 1. The third-order valence-electron chi connectivity index (χ3n) is 8.21. The lowest BCUT2D eigenvalue weighted by Gasteiger charge is -2.43. The predicted molar refractivity (Wildman–Crippen MR) is 147 cm³/mol. The van der Waals surface area contributed by atoms with Crippen LogP contribution in [0.1, 0.15) is 50.2 Å². The summed E-state index contributed by atoms with van der Waals surface area (Å²) in [5, 5.41) is 22.3. The number of H-pyrrole nitrogens is 1. The standard InChI is InChI=1S/C27H33ClF3N7O2/c1-3-15(23(39)26(40)38-7-6-17-24(32)33-13-34-25(17)38)12-37(2)16-8-14(9-16)4-5-22-35-20-10-18(27(29,30)31)19(28)11-21(20)36-22/h6-7,10-11,13-16,23,26,39-40H,3-5,8-9,12H2,1-2H3,(H,35,36)(H2,32,33,34)/t14-,15-,16-,23-,26-/m1/s1. The number of nitrogens with two attached hydrogens (primary N) is 1. The topological polar surface area (TPSA) is 129 Å². The summed E-state index contributed by atoms with van der Waals surface area (Å²) in [6, 6.07) is 4.35. The molecule has 1 saturated carbocycles. The van der Waals surface area contributed by atoms with Crippen molar-refractivity contribution in [3.8, 4) is 0 Å². The van der Waals surface area contributed by atoms with Gasteiger partial charge in [-0.15, -0.1) is 0 Å². The SMILES string of the molecule is CC[C@H](CN(C)[C@H]1C[C@H](CCc2nc3cc(C(F)(F)F)c(Cl)cc3[nH]2)C1)[C@@H](O)[C@@H](O)n1ccc2c(N)ncnc21. The molecule has 3 atom stereocenters. The van der Waals surface area contributed by atoms with Crippen LogP contribution in [-0.4, -0.2) is 65.4 Å². The molecule has 5 rings (SSSR count). The van der Waals surface area contributed by atoms with Crippen LogP contribution in [0.15, 0.2) is 30.7 Å². The molecule has 1 aliphatic rings. The van der Waals surface area contributed by atoms with Gasteiger partial charge in [0.05, 0.1) is 27.0 Å². The number of aromatic amines is 1. The van der Waals surface area contributed by atoms with Gasteiger partial charge in [-0.1, -0.05) is 18.5 Å². The maximum Gasteiger partial charge on any atom is 0.417 e. The van der Waals surface area contributed by atoms with Crippen LogP contribution in [0.4, 0.5) is 19.0 Å². The third kappa shape index (κ3) is 5.63. The normalized spacial score (nSPS) is 20.2. The highest BCUT2D eigenvalue weighted by Crippen LogP contribution is 2.38. The number of halogens is 4. The Labute approximate surface area is 234 Å². The summed E-state index contributed by atoms with van der Waals surface area (Å²) >= 11 is 5.83. The van der Waals surface area contributed by atoms with Crippen molar-refractivity contribution >= 4 is 39.5 Å². The average Bonchev–Trinajstić information content (AvgIpc) is 3.48. The molecule has 3 aromatic heterocycles. The molecule has 0 unspecified atom stereocenters. The van der Waals surface area contributed by atoms with Crippen LogP contribution >= 0.6 is 11.6 Å². The van der Waals surface area contributed by atoms with Crippen molar-refractivity contribution in [2.45, 2.75) is 63.6 Å². The highest BCUT2D eigenvalue weighted by atomic mass is 35.5. The Morgan fingerprint density at radius 1 is 1.25 bits per heavy atom. The Morgan fingerprint density at radius 3 is 2.70 bits per heavy atom. The summed E-state index contributed by atoms with van der Waals surface area (Å²) in [7, 11) is 2.03. The summed E-state index contributed by atoms with van der Waals surface area (Å²) in [5.74, 6) is 1.27. The average molecular weight is 580 g/mol. The van der Waals surface area contributed by atoms with E-state index in [4.69, 9.17) is 17.3 Å². The first kappa shape index (κ1) is 28.6. The van der Waals surface area contributed by atoms with Crippen LogP contribution in [0.2, 0.25) is 5.02 Å². The van der Waals surface area contributed by atoms with Gasteiger partial charge in [-0.2, -0.15) is 13.2 Å². The van der Waals surface area contributed by atoms with E-state index < -0.39 is 24.1 Å². The molecule has 40 heavy (non-hydrogen) atoms. The van der Waals surface area contributed by atoms with E-state index in [1.54, 1.807) is 12.3 Å². The van der Waals surface area contributed by atoms with Crippen LogP contribution in [0.25, 0.3) is 22.1 Å². The van der Waals surface area contributed by atoms with Crippen molar-refractivity contribution in [1.82, 2.24) is 29.4 Å². The fraction of sp³-hybridized carbons (Fsp3) is 0.519. The second-order valence-electron chi connectivity index (χ2n) is 10.8. The van der Waals surface area contributed by atoms with Crippen LogP contribution in [0, 0.1) is 11.8 Å². The zero-order valence-corrected chi connectivity index (χ0v) is 23.0. The summed E-state index contributed by atoms with van der Waals surface area (Å²) in [6.45, 7) is 2.61. The monoisotopic (exact) mass is 579 g/mol. The number of aliphatic hydroxyl groups is 2. The smallest absolute Gasteiger partial charge is 0.388 e. The molecular weight excluding hydrogens is 547 g/mol. The predicted octanol–water partition coefficient (Wildman–Crippen LogP) is 4.78. The van der Waals surface area contributed by atoms with E-state index in [2.05, 4.69) is 24.8 Å². The Balaban J connectivity index is 1.13. The maximum atomic E-state index is 13.1. The molecule has 0 saturated heterocycles. The second-order valence-corrected chi connectivity index (χ2v) is 11.2. The molecule has 4 aromatic rings. The number of aliphatic hydroxyl groups excluding tert-OH is 2. The molecule has 13 heteroatoms. The van der Waals surface area contributed by atoms with Gasteiger partial charge in [0.2, 0.25) is 0 Å². The number of nitrogen functional groups attached to an aromatic ring is 1. The van der Waals surface area contributed by atoms with Gasteiger partial charge in [-0.3, -0.25) is 0 Å². The second kappa shape index (κ2) is 11.2. The van der Waals surface area contributed by atoms with E-state index in [1.165, 1.54) is 17.0 Å². The van der Waals surface area contributed by atoms with Crippen molar-refractivity contribution in [1.29, 1.82) is 0 Å². The van der Waals surface area contributed by atoms with Gasteiger partial charge in [0.15, 0.2) is 6.23 Å². The number of benzene rings is 1. The lowest BCUT2D eigenvalue weighted by atomic mass is 9.76. The Kier molecular flexibility index (Phi) is 7.97. The molecule has 0 spiro atoms. The fourth-order valence-corrected chi connectivity index (χ4v) is 5.94. The molecule has 5 N–H and O–H groups in total. The lowest BCUT2D eigenvalue weighted by Crippen LogP contribution is -2.47. The summed E-state index contributed by atoms with van der Waals surface area (Å²) in [4.78, 5) is 17.9. The van der Waals surface area contributed by atoms with Crippen LogP contribution in [-0.2, 0) is 12.6 Å². The summed E-state index contributed by atoms with van der Waals surface area (Å²) in [6.07, 6.45) is 0.428. The minimum absolute atomic E-state index is 0.167. The first-order chi connectivity index (χ1) is 19.0. The molecule has 0 aliphatic heterocycles. The maximum absolute atomic E-state index is 13.1.